The summed E-state index contributed by atoms with van der Waals surface area (Å²) in [6, 6.07) is 20.6. The van der Waals surface area contributed by atoms with Crippen LogP contribution in [0.2, 0.25) is 5.02 Å². The molecule has 0 amide bonds. The highest BCUT2D eigenvalue weighted by atomic mass is 35.5. The topological polar surface area (TPSA) is 108 Å². The maximum Gasteiger partial charge on any atom is 0.280 e. The van der Waals surface area contributed by atoms with E-state index in [1.165, 1.54) is 12.1 Å². The maximum atomic E-state index is 14.5. The minimum Gasteiger partial charge on any atom is -0.550 e. The first-order valence-electron chi connectivity index (χ1n) is 13.8. The van der Waals surface area contributed by atoms with E-state index in [-0.39, 0.29) is 24.4 Å². The Morgan fingerprint density at radius 1 is 1.00 bits per heavy atom. The zero-order valence-corrected chi connectivity index (χ0v) is 24.0. The highest BCUT2D eigenvalue weighted by Crippen LogP contribution is 2.41. The monoisotopic (exact) mass is 589 g/mol. The Kier molecular flexibility index (Phi) is 8.50. The molecular formula is C33H31ClFN2O5-. The smallest absolute Gasteiger partial charge is 0.280 e. The molecule has 0 saturated carbocycles. The third kappa shape index (κ3) is 5.70. The Balaban J connectivity index is 1.81. The van der Waals surface area contributed by atoms with Crippen LogP contribution in [0.3, 0.4) is 0 Å². The van der Waals surface area contributed by atoms with Crippen LogP contribution in [0.4, 0.5) is 4.39 Å². The Morgan fingerprint density at radius 3 is 2.38 bits per heavy atom. The third-order valence-electron chi connectivity index (χ3n) is 7.50. The predicted molar refractivity (Wildman–Crippen MR) is 160 cm³/mol. The van der Waals surface area contributed by atoms with Crippen molar-refractivity contribution in [2.24, 2.45) is 0 Å². The molecule has 218 valence electrons. The number of aliphatic carboxylic acids is 1. The molecule has 0 fully saturated rings. The average molecular weight is 590 g/mol. The summed E-state index contributed by atoms with van der Waals surface area (Å²) in [6.45, 7) is 3.94. The van der Waals surface area contributed by atoms with Gasteiger partial charge in [-0.25, -0.2) is 4.39 Å². The van der Waals surface area contributed by atoms with Crippen LogP contribution in [0.1, 0.15) is 44.8 Å². The molecule has 2 aromatic heterocycles. The molecule has 9 heteroatoms. The summed E-state index contributed by atoms with van der Waals surface area (Å²) < 4.78 is 17.6. The summed E-state index contributed by atoms with van der Waals surface area (Å²) in [5.74, 6) is -1.78. The van der Waals surface area contributed by atoms with Gasteiger partial charge in [-0.05, 0) is 75.1 Å². The standard InChI is InChI=1S/C33H32ClFN2O5/c1-19(2)36-28(15-14-24(38)17-25(39)18-29(40)41)30(20-10-12-22(35)13-11-20)31-26-8-3-4-9-27(26)37(33(42)32(31)36)23-7-5-6-21(34)16-23/h3-13,16,19,24-25,38-39H,14-15,17-18H2,1-2H3,(H,40,41)/p-1/t24-,25-/m1/s1. The maximum absolute atomic E-state index is 14.5. The molecule has 7 nitrogen and oxygen atoms in total. The minimum absolute atomic E-state index is 0.133. The molecule has 0 saturated heterocycles. The highest BCUT2D eigenvalue weighted by Gasteiger charge is 2.27. The molecule has 2 N–H and O–H groups in total. The fraction of sp³-hybridized carbons (Fsp3) is 0.273. The van der Waals surface area contributed by atoms with Gasteiger partial charge in [0.2, 0.25) is 0 Å². The summed E-state index contributed by atoms with van der Waals surface area (Å²) >= 11 is 6.33. The van der Waals surface area contributed by atoms with E-state index in [4.69, 9.17) is 11.6 Å². The van der Waals surface area contributed by atoms with Crippen LogP contribution in [0, 0.1) is 5.82 Å². The van der Waals surface area contributed by atoms with Crippen molar-refractivity contribution in [1.29, 1.82) is 0 Å². The summed E-state index contributed by atoms with van der Waals surface area (Å²) in [7, 11) is 0. The Labute approximate surface area is 247 Å². The van der Waals surface area contributed by atoms with Crippen molar-refractivity contribution in [3.05, 3.63) is 99.7 Å². The van der Waals surface area contributed by atoms with E-state index in [9.17, 15) is 29.3 Å². The first-order valence-corrected chi connectivity index (χ1v) is 14.2. The van der Waals surface area contributed by atoms with Gasteiger partial charge in [0.05, 0.1) is 23.4 Å². The van der Waals surface area contributed by atoms with Crippen LogP contribution in [0.25, 0.3) is 38.6 Å². The zero-order valence-electron chi connectivity index (χ0n) is 23.3. The summed E-state index contributed by atoms with van der Waals surface area (Å²) in [5.41, 5.74) is 3.75. The van der Waals surface area contributed by atoms with Crippen molar-refractivity contribution in [3.63, 3.8) is 0 Å². The zero-order chi connectivity index (χ0) is 30.1. The van der Waals surface area contributed by atoms with Crippen molar-refractivity contribution in [3.8, 4) is 16.8 Å². The number of hydrogen-bond donors (Lipinski definition) is 2. The number of carbonyl (C=O) groups is 1. The van der Waals surface area contributed by atoms with E-state index in [1.807, 2.05) is 48.7 Å². The van der Waals surface area contributed by atoms with E-state index in [2.05, 4.69) is 0 Å². The number of para-hydroxylation sites is 1. The molecule has 0 aliphatic heterocycles. The molecule has 0 radical (unpaired) electrons. The lowest BCUT2D eigenvalue weighted by Gasteiger charge is -2.19. The van der Waals surface area contributed by atoms with Gasteiger partial charge in [-0.15, -0.1) is 0 Å². The molecule has 0 bridgehead atoms. The van der Waals surface area contributed by atoms with Gasteiger partial charge in [-0.3, -0.25) is 9.36 Å². The van der Waals surface area contributed by atoms with Crippen LogP contribution < -0.4 is 10.7 Å². The molecule has 3 aromatic carbocycles. The first-order chi connectivity index (χ1) is 20.1. The quantitative estimate of drug-likeness (QED) is 0.234. The number of aliphatic hydroxyl groups is 2. The number of aliphatic hydroxyl groups excluding tert-OH is 2. The number of rotatable bonds is 10. The van der Waals surface area contributed by atoms with Gasteiger partial charge in [-0.2, -0.15) is 0 Å². The number of pyridine rings is 1. The van der Waals surface area contributed by atoms with Gasteiger partial charge in [-0.1, -0.05) is 48.0 Å². The van der Waals surface area contributed by atoms with Gasteiger partial charge >= 0.3 is 0 Å². The van der Waals surface area contributed by atoms with Gasteiger partial charge in [0.25, 0.3) is 5.56 Å². The van der Waals surface area contributed by atoms with E-state index in [0.29, 0.717) is 33.7 Å². The van der Waals surface area contributed by atoms with Crippen LogP contribution in [0.5, 0.6) is 0 Å². The van der Waals surface area contributed by atoms with Crippen molar-refractivity contribution in [1.82, 2.24) is 9.13 Å². The number of carboxylic acids is 1. The van der Waals surface area contributed by atoms with E-state index in [0.717, 1.165) is 22.0 Å². The number of carboxylic acid groups (broad SMARTS) is 1. The normalized spacial score (nSPS) is 13.2. The van der Waals surface area contributed by atoms with Gasteiger partial charge in [0.15, 0.2) is 0 Å². The number of hydrogen-bond acceptors (Lipinski definition) is 5. The van der Waals surface area contributed by atoms with Crippen LogP contribution in [-0.2, 0) is 11.2 Å². The number of halogens is 2. The van der Waals surface area contributed by atoms with Crippen LogP contribution >= 0.6 is 11.6 Å². The third-order valence-corrected chi connectivity index (χ3v) is 7.74. The average Bonchev–Trinajstić information content (AvgIpc) is 3.28. The molecule has 42 heavy (non-hydrogen) atoms. The second-order valence-electron chi connectivity index (χ2n) is 10.8. The van der Waals surface area contributed by atoms with Crippen molar-refractivity contribution >= 4 is 39.4 Å². The molecule has 0 aliphatic carbocycles. The number of fused-ring (bicyclic) bond motifs is 3. The molecule has 0 unspecified atom stereocenters. The van der Waals surface area contributed by atoms with Gasteiger partial charge < -0.3 is 24.7 Å². The number of aromatic nitrogens is 2. The largest absolute Gasteiger partial charge is 0.550 e. The highest BCUT2D eigenvalue weighted by molar-refractivity contribution is 6.30. The predicted octanol–water partition coefficient (Wildman–Crippen LogP) is 5.17. The fourth-order valence-corrected chi connectivity index (χ4v) is 6.02. The molecular weight excluding hydrogens is 559 g/mol. The molecule has 2 heterocycles. The van der Waals surface area contributed by atoms with Gasteiger partial charge in [0, 0.05) is 45.5 Å². The number of benzene rings is 3. The SMILES string of the molecule is CC(C)n1c(CC[C@@H](O)C[C@@H](O)CC(=O)[O-])c(-c2ccc(F)cc2)c2c3ccccc3n(-c3cccc(Cl)c3)c(=O)c21. The van der Waals surface area contributed by atoms with Crippen LogP contribution in [0.15, 0.2) is 77.6 Å². The lowest BCUT2D eigenvalue weighted by Crippen LogP contribution is -2.29. The van der Waals surface area contributed by atoms with E-state index in [1.54, 1.807) is 34.9 Å². The van der Waals surface area contributed by atoms with Crippen molar-refractivity contribution in [2.75, 3.05) is 0 Å². The minimum atomic E-state index is -1.39. The Morgan fingerprint density at radius 2 is 1.71 bits per heavy atom. The fourth-order valence-electron chi connectivity index (χ4n) is 5.83. The number of nitrogens with zero attached hydrogens (tertiary/aromatic N) is 2. The molecule has 0 aliphatic rings. The molecule has 5 rings (SSSR count). The Bertz CT molecular complexity index is 1830. The second-order valence-corrected chi connectivity index (χ2v) is 11.2. The molecule has 2 atom stereocenters. The molecule has 0 spiro atoms. The van der Waals surface area contributed by atoms with E-state index < -0.39 is 30.4 Å². The first kappa shape index (κ1) is 29.5. The van der Waals surface area contributed by atoms with Crippen LogP contribution in [-0.4, -0.2) is 37.5 Å². The van der Waals surface area contributed by atoms with E-state index >= 15 is 0 Å². The van der Waals surface area contributed by atoms with Crippen molar-refractivity contribution in [2.45, 2.75) is 57.8 Å². The summed E-state index contributed by atoms with van der Waals surface area (Å²) in [4.78, 5) is 25.4. The lowest BCUT2D eigenvalue weighted by atomic mass is 9.96. The van der Waals surface area contributed by atoms with Gasteiger partial charge in [0.1, 0.15) is 11.3 Å². The second kappa shape index (κ2) is 12.1. The number of carbonyl (C=O) groups excluding carboxylic acids is 1. The lowest BCUT2D eigenvalue weighted by molar-refractivity contribution is -0.307. The Hall–Kier alpha value is -3.98. The summed E-state index contributed by atoms with van der Waals surface area (Å²) in [6.07, 6.45) is -2.44. The molecule has 5 aromatic rings. The summed E-state index contributed by atoms with van der Waals surface area (Å²) in [5, 5.41) is 33.7. The van der Waals surface area contributed by atoms with Crippen molar-refractivity contribution < 1.29 is 24.5 Å².